The zero-order chi connectivity index (χ0) is 79.2. The summed E-state index contributed by atoms with van der Waals surface area (Å²) in [6, 6.07) is 15.1. The first-order valence-corrected chi connectivity index (χ1v) is 32.6. The highest BCUT2D eigenvalue weighted by Crippen LogP contribution is 2.64. The van der Waals surface area contributed by atoms with Gasteiger partial charge in [-0.05, 0) is 36.4 Å². The monoisotopic (exact) mass is 1500 g/mol. The predicted molar refractivity (Wildman–Crippen MR) is 359 cm³/mol. The van der Waals surface area contributed by atoms with E-state index in [1.165, 1.54) is 36.4 Å². The van der Waals surface area contributed by atoms with Crippen LogP contribution in [0, 0.1) is 0 Å². The van der Waals surface area contributed by atoms with Crippen LogP contribution in [0.15, 0.2) is 78.9 Å². The van der Waals surface area contributed by atoms with Crippen LogP contribution in [-0.4, -0.2) is 108 Å². The van der Waals surface area contributed by atoms with Gasteiger partial charge in [0.25, 0.3) is 0 Å². The lowest BCUT2D eigenvalue weighted by Gasteiger charge is -2.45. The summed E-state index contributed by atoms with van der Waals surface area (Å²) in [5.41, 5.74) is -2.38. The predicted octanol–water partition coefficient (Wildman–Crippen LogP) is 8.79. The van der Waals surface area contributed by atoms with Gasteiger partial charge in [0.15, 0.2) is 65.0 Å². The molecule has 0 aromatic heterocycles. The lowest BCUT2D eigenvalue weighted by atomic mass is 9.73. The third kappa shape index (κ3) is 18.5. The third-order valence-corrected chi connectivity index (χ3v) is 15.6. The van der Waals surface area contributed by atoms with E-state index in [1.807, 2.05) is 0 Å². The van der Waals surface area contributed by atoms with Crippen LogP contribution in [0.3, 0.4) is 0 Å². The Morgan fingerprint density at radius 1 is 0.269 bits per heavy atom. The van der Waals surface area contributed by atoms with Gasteiger partial charge in [0.05, 0.1) is 11.8 Å². The van der Waals surface area contributed by atoms with Gasteiger partial charge in [0, 0.05) is 179 Å². The maximum Gasteiger partial charge on any atom is 0.308 e. The SMILES string of the molecule is CC(=O)Oc1cc(OC(C)=O)c2c(c1)O[C@H](c1ccc(OC(C)=O)c(OC(C)=O)c1)[C@H](OC(C)=O)C2c1c(OC(C)=O)cc(OC(C)=O)c2c1O[C@H](c1ccc(OC(C)=O)c(OC(C)=O)c1)[C@H](OC(C)=O)C2c1c(OC(C)=O)cc(OC(C)=O)c2c1O[C@H](c1ccc(OC(C)=O)c(OC(C)=O)c1)[C@H](OC(C)=O)C2. The number of rotatable bonds is 20. The molecule has 8 atom stereocenters. The molecule has 3 heterocycles. The Morgan fingerprint density at radius 2 is 0.565 bits per heavy atom. The van der Waals surface area contributed by atoms with E-state index < -0.39 is 219 Å². The van der Waals surface area contributed by atoms with E-state index in [2.05, 4.69) is 0 Å². The molecule has 0 N–H and O–H groups in total. The number of esters is 15. The number of carbonyl (C=O) groups is 15. The van der Waals surface area contributed by atoms with Crippen LogP contribution in [0.2, 0.25) is 0 Å². The number of hydrogen-bond donors (Lipinski definition) is 0. The summed E-state index contributed by atoms with van der Waals surface area (Å²) in [6.45, 7) is 15.1. The first-order chi connectivity index (χ1) is 50.8. The van der Waals surface area contributed by atoms with Crippen LogP contribution in [0.25, 0.3) is 0 Å². The fraction of sp³-hybridized carbons (Fsp3) is 0.320. The minimum absolute atomic E-state index is 0.0239. The molecule has 6 aromatic carbocycles. The van der Waals surface area contributed by atoms with Crippen molar-refractivity contribution in [2.45, 2.75) is 159 Å². The minimum Gasteiger partial charge on any atom is -0.481 e. The lowest BCUT2D eigenvalue weighted by molar-refractivity contribution is -0.155. The summed E-state index contributed by atoms with van der Waals surface area (Å²) in [7, 11) is 0. The maximum atomic E-state index is 14.4. The quantitative estimate of drug-likeness (QED) is 0.0391. The Morgan fingerprint density at radius 3 is 0.935 bits per heavy atom. The van der Waals surface area contributed by atoms with Gasteiger partial charge in [-0.25, -0.2) is 0 Å². The van der Waals surface area contributed by atoms with Gasteiger partial charge in [-0.15, -0.1) is 0 Å². The third-order valence-electron chi connectivity index (χ3n) is 15.6. The zero-order valence-electron chi connectivity index (χ0n) is 60.3. The molecule has 566 valence electrons. The van der Waals surface area contributed by atoms with Gasteiger partial charge in [-0.3, -0.25) is 71.9 Å². The molecule has 33 heteroatoms. The number of ether oxygens (including phenoxy) is 18. The largest absolute Gasteiger partial charge is 0.481 e. The Kier molecular flexibility index (Phi) is 24.0. The standard InChI is InChI=1S/C75H68O33/c1-30(76)91-48-25-57(99-38(9)84)63-58(26-48)106-70(46-17-20-51(93-32(3)78)55(23-46)97-36(7)82)74(104-43(14)89)67(63)65-60(101-40(11)86)29-61(102-41(12)87)66-68(75(105-44(15)90)71(108-73(65)66)47-18-21-52(94-33(4)79)56(24-47)98-37(8)83)64-59(100-39(10)85)28-53(95-34(5)80)49-27-62(103-42(13)88)69(107-72(49)64)45-16-19-50(92-31(2)77)54(22-45)96-35(6)81/h16-26,28-29,62,67-71,74-75H,27H2,1-15H3/t62-,67?,68?,69-,70-,71-,74-,75-/m1/s1. The smallest absolute Gasteiger partial charge is 0.308 e. The molecule has 108 heavy (non-hydrogen) atoms. The van der Waals surface area contributed by atoms with Crippen LogP contribution in [0.5, 0.6) is 86.2 Å². The Hall–Kier alpha value is -13.2. The molecule has 0 spiro atoms. The van der Waals surface area contributed by atoms with Crippen LogP contribution >= 0.6 is 0 Å². The first-order valence-electron chi connectivity index (χ1n) is 32.6. The molecule has 9 rings (SSSR count). The molecule has 3 aliphatic heterocycles. The average Bonchev–Trinajstić information content (AvgIpc) is 0.703. The fourth-order valence-electron chi connectivity index (χ4n) is 12.5. The number of fused-ring (bicyclic) bond motifs is 3. The number of carbonyl (C=O) groups excluding carboxylic acids is 15. The highest BCUT2D eigenvalue weighted by atomic mass is 16.6. The molecule has 0 fully saturated rings. The van der Waals surface area contributed by atoms with Crippen molar-refractivity contribution in [2.75, 3.05) is 0 Å². The van der Waals surface area contributed by atoms with E-state index >= 15 is 0 Å². The molecular weight excluding hydrogens is 1430 g/mol. The molecule has 0 radical (unpaired) electrons. The highest BCUT2D eigenvalue weighted by Gasteiger charge is 2.55. The van der Waals surface area contributed by atoms with Crippen molar-refractivity contribution in [3.05, 3.63) is 123 Å². The van der Waals surface area contributed by atoms with E-state index in [1.54, 1.807) is 0 Å². The summed E-state index contributed by atoms with van der Waals surface area (Å²) in [5.74, 6) is -26.3. The van der Waals surface area contributed by atoms with Crippen molar-refractivity contribution in [3.63, 3.8) is 0 Å². The zero-order valence-corrected chi connectivity index (χ0v) is 60.3. The van der Waals surface area contributed by atoms with Crippen molar-refractivity contribution in [2.24, 2.45) is 0 Å². The highest BCUT2D eigenvalue weighted by molar-refractivity contribution is 5.83. The van der Waals surface area contributed by atoms with Gasteiger partial charge in [-0.2, -0.15) is 0 Å². The Bertz CT molecular complexity index is 4790. The van der Waals surface area contributed by atoms with Crippen LogP contribution in [-0.2, 0) is 92.5 Å². The maximum absolute atomic E-state index is 14.4. The van der Waals surface area contributed by atoms with Crippen LogP contribution in [0.4, 0.5) is 0 Å². The summed E-state index contributed by atoms with van der Waals surface area (Å²) in [6.07, 6.45) is -11.7. The van der Waals surface area contributed by atoms with Crippen molar-refractivity contribution >= 4 is 89.5 Å². The summed E-state index contributed by atoms with van der Waals surface area (Å²) in [5, 5.41) is 0. The molecule has 0 saturated carbocycles. The van der Waals surface area contributed by atoms with Crippen molar-refractivity contribution in [1.82, 2.24) is 0 Å². The van der Waals surface area contributed by atoms with E-state index in [0.717, 1.165) is 146 Å². The molecule has 0 amide bonds. The van der Waals surface area contributed by atoms with Gasteiger partial charge in [0.1, 0.15) is 57.8 Å². The van der Waals surface area contributed by atoms with Crippen LogP contribution in [0.1, 0.15) is 179 Å². The number of benzene rings is 6. The van der Waals surface area contributed by atoms with Gasteiger partial charge in [0.2, 0.25) is 0 Å². The first kappa shape index (κ1) is 78.9. The second kappa shape index (κ2) is 32.8. The van der Waals surface area contributed by atoms with Crippen molar-refractivity contribution in [3.8, 4) is 86.2 Å². The summed E-state index contributed by atoms with van der Waals surface area (Å²) < 4.78 is 109. The fourth-order valence-corrected chi connectivity index (χ4v) is 12.5. The topological polar surface area (TPSA) is 422 Å². The van der Waals surface area contributed by atoms with E-state index in [-0.39, 0.29) is 56.6 Å². The minimum atomic E-state index is -2.10. The van der Waals surface area contributed by atoms with Gasteiger partial charge >= 0.3 is 89.5 Å². The molecule has 3 aliphatic rings. The number of hydrogen-bond acceptors (Lipinski definition) is 33. The van der Waals surface area contributed by atoms with Crippen molar-refractivity contribution in [1.29, 1.82) is 0 Å². The lowest BCUT2D eigenvalue weighted by Crippen LogP contribution is -2.42. The summed E-state index contributed by atoms with van der Waals surface area (Å²) >= 11 is 0. The summed E-state index contributed by atoms with van der Waals surface area (Å²) in [4.78, 5) is 201. The Labute approximate surface area is 612 Å². The molecule has 6 aromatic rings. The molecule has 0 saturated heterocycles. The average molecular weight is 1500 g/mol. The molecule has 0 aliphatic carbocycles. The van der Waals surface area contributed by atoms with E-state index in [9.17, 15) is 71.9 Å². The van der Waals surface area contributed by atoms with E-state index in [0.29, 0.717) is 0 Å². The molecule has 0 bridgehead atoms. The van der Waals surface area contributed by atoms with Gasteiger partial charge in [-0.1, -0.05) is 18.2 Å². The van der Waals surface area contributed by atoms with Gasteiger partial charge < -0.3 is 85.3 Å². The Balaban J connectivity index is 1.57. The molecular formula is C75H68O33. The van der Waals surface area contributed by atoms with E-state index in [4.69, 9.17) is 85.3 Å². The van der Waals surface area contributed by atoms with Crippen LogP contribution < -0.4 is 71.1 Å². The molecule has 33 nitrogen and oxygen atoms in total. The normalized spacial score (nSPS) is 17.8. The second-order valence-electron chi connectivity index (χ2n) is 24.3. The molecule has 2 unspecified atom stereocenters. The van der Waals surface area contributed by atoms with Crippen molar-refractivity contribution < 1.29 is 157 Å². The second-order valence-corrected chi connectivity index (χ2v) is 24.3.